The summed E-state index contributed by atoms with van der Waals surface area (Å²) in [6, 6.07) is -0.112. The number of carboxylic acids is 1. The van der Waals surface area contributed by atoms with E-state index in [0.717, 1.165) is 32.5 Å². The minimum atomic E-state index is -1.20. The number of nitrogens with zero attached hydrogens (tertiary/aromatic N) is 2. The fourth-order valence-corrected chi connectivity index (χ4v) is 2.41. The fraction of sp³-hybridized carbons (Fsp3) is 0.857. The van der Waals surface area contributed by atoms with Gasteiger partial charge in [-0.3, -0.25) is 0 Å². The first-order chi connectivity index (χ1) is 9.34. The number of rotatable bonds is 5. The zero-order chi connectivity index (χ0) is 15.3. The SMILES string of the molecule is CCN1CCC(N(C)C(=O)NC(C)(CC)C(=O)O)CC1. The van der Waals surface area contributed by atoms with Crippen molar-refractivity contribution in [1.82, 2.24) is 15.1 Å². The van der Waals surface area contributed by atoms with Crippen molar-refractivity contribution in [2.45, 2.75) is 51.6 Å². The predicted octanol–water partition coefficient (Wildman–Crippen LogP) is 1.37. The van der Waals surface area contributed by atoms with Gasteiger partial charge in [-0.2, -0.15) is 0 Å². The normalized spacial score (nSPS) is 20.2. The Labute approximate surface area is 121 Å². The van der Waals surface area contributed by atoms with Crippen molar-refractivity contribution in [3.63, 3.8) is 0 Å². The summed E-state index contributed by atoms with van der Waals surface area (Å²) in [7, 11) is 1.75. The van der Waals surface area contributed by atoms with E-state index in [1.165, 1.54) is 0 Å². The summed E-state index contributed by atoms with van der Waals surface area (Å²) in [5.74, 6) is -0.998. The number of likely N-dealkylation sites (tertiary alicyclic amines) is 1. The zero-order valence-corrected chi connectivity index (χ0v) is 13.0. The number of piperidine rings is 1. The molecule has 0 aromatic rings. The van der Waals surface area contributed by atoms with Crippen LogP contribution < -0.4 is 5.32 Å². The van der Waals surface area contributed by atoms with Crippen molar-refractivity contribution in [2.24, 2.45) is 0 Å². The largest absolute Gasteiger partial charge is 0.480 e. The van der Waals surface area contributed by atoms with Gasteiger partial charge >= 0.3 is 12.0 Å². The number of hydrogen-bond acceptors (Lipinski definition) is 3. The van der Waals surface area contributed by atoms with E-state index in [2.05, 4.69) is 17.1 Å². The highest BCUT2D eigenvalue weighted by Gasteiger charge is 2.35. The van der Waals surface area contributed by atoms with Crippen molar-refractivity contribution >= 4 is 12.0 Å². The second kappa shape index (κ2) is 6.92. The van der Waals surface area contributed by atoms with Crippen LogP contribution in [0, 0.1) is 0 Å². The highest BCUT2D eigenvalue weighted by molar-refractivity contribution is 5.85. The summed E-state index contributed by atoms with van der Waals surface area (Å²) < 4.78 is 0. The molecule has 0 aromatic heterocycles. The van der Waals surface area contributed by atoms with E-state index in [1.54, 1.807) is 25.8 Å². The third-order valence-electron chi connectivity index (χ3n) is 4.43. The van der Waals surface area contributed by atoms with E-state index >= 15 is 0 Å². The van der Waals surface area contributed by atoms with Gasteiger partial charge < -0.3 is 20.2 Å². The maximum atomic E-state index is 12.2. The Kier molecular flexibility index (Phi) is 5.80. The molecular weight excluding hydrogens is 258 g/mol. The maximum absolute atomic E-state index is 12.2. The average molecular weight is 285 g/mol. The molecule has 116 valence electrons. The molecule has 1 fully saturated rings. The van der Waals surface area contributed by atoms with Crippen LogP contribution in [0.3, 0.4) is 0 Å². The number of amides is 2. The Morgan fingerprint density at radius 1 is 1.35 bits per heavy atom. The smallest absolute Gasteiger partial charge is 0.329 e. The van der Waals surface area contributed by atoms with Crippen molar-refractivity contribution in [2.75, 3.05) is 26.7 Å². The molecule has 2 N–H and O–H groups in total. The lowest BCUT2D eigenvalue weighted by atomic mass is 9.99. The van der Waals surface area contributed by atoms with Crippen LogP contribution in [0.2, 0.25) is 0 Å². The van der Waals surface area contributed by atoms with Gasteiger partial charge in [0, 0.05) is 26.2 Å². The molecule has 1 heterocycles. The Bertz CT molecular complexity index is 354. The zero-order valence-electron chi connectivity index (χ0n) is 13.0. The molecule has 1 aliphatic heterocycles. The molecule has 0 saturated carbocycles. The maximum Gasteiger partial charge on any atom is 0.329 e. The van der Waals surface area contributed by atoms with Gasteiger partial charge in [-0.05, 0) is 32.7 Å². The number of carbonyl (C=O) groups excluding carboxylic acids is 1. The van der Waals surface area contributed by atoms with Gasteiger partial charge in [-0.25, -0.2) is 9.59 Å². The standard InChI is InChI=1S/C14H27N3O3/c1-5-14(3,12(18)19)15-13(20)16(4)11-7-9-17(6-2)10-8-11/h11H,5-10H2,1-4H3,(H,15,20)(H,18,19). The summed E-state index contributed by atoms with van der Waals surface area (Å²) in [4.78, 5) is 27.5. The monoisotopic (exact) mass is 285 g/mol. The lowest BCUT2D eigenvalue weighted by molar-refractivity contribution is -0.143. The summed E-state index contributed by atoms with van der Waals surface area (Å²) in [5.41, 5.74) is -1.20. The van der Waals surface area contributed by atoms with E-state index in [0.29, 0.717) is 6.42 Å². The first-order valence-electron chi connectivity index (χ1n) is 7.34. The molecule has 1 unspecified atom stereocenters. The number of urea groups is 1. The number of carbonyl (C=O) groups is 2. The van der Waals surface area contributed by atoms with E-state index in [1.807, 2.05) is 0 Å². The topological polar surface area (TPSA) is 72.9 Å². The molecule has 0 aromatic carbocycles. The van der Waals surface area contributed by atoms with E-state index in [-0.39, 0.29) is 12.1 Å². The Morgan fingerprint density at radius 2 is 1.90 bits per heavy atom. The molecule has 0 spiro atoms. The molecule has 20 heavy (non-hydrogen) atoms. The Morgan fingerprint density at radius 3 is 2.30 bits per heavy atom. The fourth-order valence-electron chi connectivity index (χ4n) is 2.41. The third-order valence-corrected chi connectivity index (χ3v) is 4.43. The lowest BCUT2D eigenvalue weighted by Gasteiger charge is -2.37. The summed E-state index contributed by atoms with van der Waals surface area (Å²) in [6.45, 7) is 8.45. The van der Waals surface area contributed by atoms with Crippen molar-refractivity contribution < 1.29 is 14.7 Å². The van der Waals surface area contributed by atoms with Crippen LogP contribution in [0.4, 0.5) is 4.79 Å². The highest BCUT2D eigenvalue weighted by atomic mass is 16.4. The Balaban J connectivity index is 2.57. The van der Waals surface area contributed by atoms with Crippen LogP contribution in [0.25, 0.3) is 0 Å². The molecule has 1 rings (SSSR count). The summed E-state index contributed by atoms with van der Waals surface area (Å²) in [5, 5.41) is 11.8. The predicted molar refractivity (Wildman–Crippen MR) is 77.8 cm³/mol. The van der Waals surface area contributed by atoms with E-state index < -0.39 is 11.5 Å². The van der Waals surface area contributed by atoms with Crippen molar-refractivity contribution in [3.05, 3.63) is 0 Å². The van der Waals surface area contributed by atoms with Crippen LogP contribution in [0.5, 0.6) is 0 Å². The second-order valence-corrected chi connectivity index (χ2v) is 5.70. The van der Waals surface area contributed by atoms with Gasteiger partial charge in [0.15, 0.2) is 0 Å². The van der Waals surface area contributed by atoms with Gasteiger partial charge in [-0.15, -0.1) is 0 Å². The van der Waals surface area contributed by atoms with Crippen molar-refractivity contribution in [3.8, 4) is 0 Å². The van der Waals surface area contributed by atoms with Crippen LogP contribution in [-0.2, 0) is 4.79 Å². The van der Waals surface area contributed by atoms with Gasteiger partial charge in [-0.1, -0.05) is 13.8 Å². The van der Waals surface area contributed by atoms with Crippen molar-refractivity contribution in [1.29, 1.82) is 0 Å². The molecule has 0 aliphatic carbocycles. The Hall–Kier alpha value is -1.30. The number of nitrogens with one attached hydrogen (secondary N) is 1. The molecule has 1 saturated heterocycles. The molecule has 6 heteroatoms. The summed E-state index contributed by atoms with van der Waals surface area (Å²) in [6.07, 6.45) is 2.23. The van der Waals surface area contributed by atoms with E-state index in [9.17, 15) is 14.7 Å². The molecule has 2 amide bonds. The molecule has 1 aliphatic rings. The third kappa shape index (κ3) is 3.85. The quantitative estimate of drug-likeness (QED) is 0.800. The highest BCUT2D eigenvalue weighted by Crippen LogP contribution is 2.17. The number of hydrogen-bond donors (Lipinski definition) is 2. The van der Waals surface area contributed by atoms with Crippen LogP contribution in [0.15, 0.2) is 0 Å². The van der Waals surface area contributed by atoms with Crippen LogP contribution >= 0.6 is 0 Å². The number of aliphatic carboxylic acids is 1. The molecular formula is C14H27N3O3. The lowest BCUT2D eigenvalue weighted by Crippen LogP contribution is -2.57. The van der Waals surface area contributed by atoms with Crippen LogP contribution in [-0.4, -0.2) is 65.2 Å². The molecule has 0 radical (unpaired) electrons. The van der Waals surface area contributed by atoms with E-state index in [4.69, 9.17) is 0 Å². The molecule has 6 nitrogen and oxygen atoms in total. The van der Waals surface area contributed by atoms with Crippen LogP contribution in [0.1, 0.15) is 40.0 Å². The van der Waals surface area contributed by atoms with Gasteiger partial charge in [0.05, 0.1) is 0 Å². The van der Waals surface area contributed by atoms with Gasteiger partial charge in [0.25, 0.3) is 0 Å². The number of carboxylic acid groups (broad SMARTS) is 1. The summed E-state index contributed by atoms with van der Waals surface area (Å²) >= 11 is 0. The average Bonchev–Trinajstić information content (AvgIpc) is 2.46. The minimum Gasteiger partial charge on any atom is -0.480 e. The first kappa shape index (κ1) is 16.8. The van der Waals surface area contributed by atoms with Gasteiger partial charge in [0.1, 0.15) is 5.54 Å². The van der Waals surface area contributed by atoms with Gasteiger partial charge in [0.2, 0.25) is 0 Å². The molecule has 1 atom stereocenters. The minimum absolute atomic E-state index is 0.188. The second-order valence-electron chi connectivity index (χ2n) is 5.70. The first-order valence-corrected chi connectivity index (χ1v) is 7.34. The molecule has 0 bridgehead atoms.